The van der Waals surface area contributed by atoms with E-state index >= 15 is 0 Å². The van der Waals surface area contributed by atoms with Gasteiger partial charge in [0.15, 0.2) is 6.10 Å². The Morgan fingerprint density at radius 2 is 1.86 bits per heavy atom. The fourth-order valence-electron chi connectivity index (χ4n) is 3.31. The molecule has 0 spiro atoms. The minimum absolute atomic E-state index is 0.199. The van der Waals surface area contributed by atoms with Gasteiger partial charge in [-0.1, -0.05) is 30.3 Å². The number of rotatable bonds is 7. The fraction of sp³-hybridized carbons (Fsp3) is 0.381. The topological polar surface area (TPSA) is 79.0 Å². The Morgan fingerprint density at radius 1 is 1.17 bits per heavy atom. The van der Waals surface area contributed by atoms with Crippen LogP contribution in [0.25, 0.3) is 0 Å². The first-order valence-electron chi connectivity index (χ1n) is 9.63. The van der Waals surface area contributed by atoms with Crippen molar-refractivity contribution in [3.8, 4) is 5.75 Å². The third-order valence-electron chi connectivity index (χ3n) is 4.86. The van der Waals surface area contributed by atoms with E-state index < -0.39 is 16.1 Å². The summed E-state index contributed by atoms with van der Waals surface area (Å²) in [7, 11) is -1.44. The number of hydrogen-bond acceptors (Lipinski definition) is 5. The third kappa shape index (κ3) is 5.41. The number of anilines is 2. The Hall–Kier alpha value is -2.74. The number of fused-ring (bicyclic) bond motifs is 1. The molecule has 0 aromatic heterocycles. The van der Waals surface area contributed by atoms with Gasteiger partial charge < -0.3 is 15.0 Å². The third-order valence-corrected chi connectivity index (χ3v) is 6.04. The van der Waals surface area contributed by atoms with Gasteiger partial charge in [0.2, 0.25) is 10.0 Å². The van der Waals surface area contributed by atoms with Gasteiger partial charge in [0, 0.05) is 38.8 Å². The average molecular weight is 418 g/mol. The molecule has 0 radical (unpaired) electrons. The molecule has 1 amide bonds. The van der Waals surface area contributed by atoms with Crippen molar-refractivity contribution >= 4 is 27.3 Å². The van der Waals surface area contributed by atoms with Gasteiger partial charge in [0.05, 0.1) is 11.9 Å². The molecule has 156 valence electrons. The predicted molar refractivity (Wildman–Crippen MR) is 115 cm³/mol. The maximum Gasteiger partial charge on any atom is 0.261 e. The van der Waals surface area contributed by atoms with Crippen LogP contribution in [0.3, 0.4) is 0 Å². The van der Waals surface area contributed by atoms with Crippen LogP contribution in [0, 0.1) is 0 Å². The number of benzene rings is 2. The van der Waals surface area contributed by atoms with E-state index in [1.54, 1.807) is 24.3 Å². The van der Waals surface area contributed by atoms with Gasteiger partial charge in [-0.25, -0.2) is 8.42 Å². The summed E-state index contributed by atoms with van der Waals surface area (Å²) in [4.78, 5) is 14.7. The molecule has 1 aliphatic heterocycles. The second-order valence-corrected chi connectivity index (χ2v) is 9.01. The number of para-hydroxylation sites is 3. The molecule has 2 aromatic carbocycles. The molecule has 2 aromatic rings. The SMILES string of the molecule is CN(CCCNC(=O)[C@@H]1CCN(S(C)(=O)=O)c2ccccc2O1)c1ccccc1. The summed E-state index contributed by atoms with van der Waals surface area (Å²) >= 11 is 0. The first kappa shape index (κ1) is 21.0. The highest BCUT2D eigenvalue weighted by molar-refractivity contribution is 7.92. The van der Waals surface area contributed by atoms with E-state index in [1.165, 1.54) is 4.31 Å². The van der Waals surface area contributed by atoms with Crippen LogP contribution in [0.4, 0.5) is 11.4 Å². The van der Waals surface area contributed by atoms with Crippen molar-refractivity contribution in [2.75, 3.05) is 42.1 Å². The van der Waals surface area contributed by atoms with Crippen LogP contribution in [0.5, 0.6) is 5.75 Å². The van der Waals surface area contributed by atoms with Crippen LogP contribution in [-0.4, -0.2) is 53.4 Å². The maximum absolute atomic E-state index is 12.6. The smallest absolute Gasteiger partial charge is 0.261 e. The number of carbonyl (C=O) groups is 1. The summed E-state index contributed by atoms with van der Waals surface area (Å²) < 4.78 is 31.4. The van der Waals surface area contributed by atoms with Crippen LogP contribution in [-0.2, 0) is 14.8 Å². The molecule has 0 unspecified atom stereocenters. The lowest BCUT2D eigenvalue weighted by molar-refractivity contribution is -0.128. The van der Waals surface area contributed by atoms with Crippen molar-refractivity contribution in [3.63, 3.8) is 0 Å². The van der Waals surface area contributed by atoms with Gasteiger partial charge in [-0.15, -0.1) is 0 Å². The maximum atomic E-state index is 12.6. The van der Waals surface area contributed by atoms with Crippen LogP contribution in [0.15, 0.2) is 54.6 Å². The van der Waals surface area contributed by atoms with Gasteiger partial charge in [-0.05, 0) is 30.7 Å². The Morgan fingerprint density at radius 3 is 2.59 bits per heavy atom. The highest BCUT2D eigenvalue weighted by Gasteiger charge is 2.30. The van der Waals surface area contributed by atoms with E-state index in [0.717, 1.165) is 24.9 Å². The van der Waals surface area contributed by atoms with Crippen LogP contribution < -0.4 is 19.3 Å². The summed E-state index contributed by atoms with van der Waals surface area (Å²) in [6.07, 6.45) is 1.51. The molecule has 0 fully saturated rings. The van der Waals surface area contributed by atoms with E-state index in [0.29, 0.717) is 18.0 Å². The van der Waals surface area contributed by atoms with Crippen molar-refractivity contribution in [2.24, 2.45) is 0 Å². The number of carbonyl (C=O) groups excluding carboxylic acids is 1. The number of hydrogen-bond donors (Lipinski definition) is 1. The minimum atomic E-state index is -3.45. The number of ether oxygens (including phenoxy) is 1. The molecule has 1 N–H and O–H groups in total. The van der Waals surface area contributed by atoms with Crippen molar-refractivity contribution < 1.29 is 17.9 Å². The van der Waals surface area contributed by atoms with E-state index in [9.17, 15) is 13.2 Å². The number of nitrogens with zero attached hydrogens (tertiary/aromatic N) is 2. The molecule has 1 atom stereocenters. The quantitative estimate of drug-likeness (QED) is 0.699. The zero-order chi connectivity index (χ0) is 20.9. The molecule has 0 saturated heterocycles. The Balaban J connectivity index is 1.55. The number of amides is 1. The molecule has 0 bridgehead atoms. The Labute approximate surface area is 172 Å². The fourth-order valence-corrected chi connectivity index (χ4v) is 4.26. The zero-order valence-electron chi connectivity index (χ0n) is 16.7. The Bertz CT molecular complexity index is 934. The average Bonchev–Trinajstić information content (AvgIpc) is 2.91. The highest BCUT2D eigenvalue weighted by atomic mass is 32.2. The van der Waals surface area contributed by atoms with Crippen LogP contribution in [0.2, 0.25) is 0 Å². The number of sulfonamides is 1. The first-order chi connectivity index (χ1) is 13.9. The lowest BCUT2D eigenvalue weighted by Crippen LogP contribution is -2.40. The first-order valence-corrected chi connectivity index (χ1v) is 11.5. The zero-order valence-corrected chi connectivity index (χ0v) is 17.6. The Kier molecular flexibility index (Phi) is 6.64. The van der Waals surface area contributed by atoms with E-state index in [1.807, 2.05) is 37.4 Å². The molecule has 0 aliphatic carbocycles. The summed E-state index contributed by atoms with van der Waals surface area (Å²) in [5.41, 5.74) is 1.60. The van der Waals surface area contributed by atoms with Crippen LogP contribution >= 0.6 is 0 Å². The summed E-state index contributed by atoms with van der Waals surface area (Å²) in [5, 5.41) is 2.91. The standard InChI is InChI=1S/C21H27N3O4S/c1-23(17-9-4-3-5-10-17)15-8-14-22-21(25)20-13-16-24(29(2,26)27)18-11-6-7-12-19(18)28-20/h3-7,9-12,20H,8,13-16H2,1-2H3,(H,22,25)/t20-/m0/s1. The molecule has 3 rings (SSSR count). The van der Waals surface area contributed by atoms with Crippen molar-refractivity contribution in [2.45, 2.75) is 18.9 Å². The summed E-state index contributed by atoms with van der Waals surface area (Å²) in [5.74, 6) is 0.178. The van der Waals surface area contributed by atoms with Crippen molar-refractivity contribution in [1.29, 1.82) is 0 Å². The van der Waals surface area contributed by atoms with Crippen LogP contribution in [0.1, 0.15) is 12.8 Å². The summed E-state index contributed by atoms with van der Waals surface area (Å²) in [6, 6.07) is 17.0. The lowest BCUT2D eigenvalue weighted by Gasteiger charge is -2.20. The molecule has 0 saturated carbocycles. The minimum Gasteiger partial charge on any atom is -0.478 e. The normalized spacial score (nSPS) is 16.3. The van der Waals surface area contributed by atoms with Gasteiger partial charge >= 0.3 is 0 Å². The largest absolute Gasteiger partial charge is 0.478 e. The van der Waals surface area contributed by atoms with E-state index in [4.69, 9.17) is 4.74 Å². The monoisotopic (exact) mass is 417 g/mol. The van der Waals surface area contributed by atoms with Gasteiger partial charge in [0.25, 0.3) is 5.91 Å². The number of nitrogens with one attached hydrogen (secondary N) is 1. The second-order valence-electron chi connectivity index (χ2n) is 7.10. The van der Waals surface area contributed by atoms with E-state index in [-0.39, 0.29) is 18.9 Å². The predicted octanol–water partition coefficient (Wildman–Crippen LogP) is 2.25. The molecule has 7 nitrogen and oxygen atoms in total. The van der Waals surface area contributed by atoms with Crippen molar-refractivity contribution in [3.05, 3.63) is 54.6 Å². The molecule has 1 heterocycles. The summed E-state index contributed by atoms with van der Waals surface area (Å²) in [6.45, 7) is 1.53. The second kappa shape index (κ2) is 9.17. The molecule has 8 heteroatoms. The van der Waals surface area contributed by atoms with E-state index in [2.05, 4.69) is 10.2 Å². The molecular formula is C21H27N3O4S. The molecule has 1 aliphatic rings. The van der Waals surface area contributed by atoms with Gasteiger partial charge in [-0.3, -0.25) is 9.10 Å². The van der Waals surface area contributed by atoms with Gasteiger partial charge in [0.1, 0.15) is 5.75 Å². The van der Waals surface area contributed by atoms with Gasteiger partial charge in [-0.2, -0.15) is 0 Å². The highest BCUT2D eigenvalue weighted by Crippen LogP contribution is 2.33. The lowest BCUT2D eigenvalue weighted by atomic mass is 10.2. The molecular weight excluding hydrogens is 390 g/mol. The molecule has 29 heavy (non-hydrogen) atoms. The van der Waals surface area contributed by atoms with Crippen molar-refractivity contribution in [1.82, 2.24) is 5.32 Å².